The molecule has 226 valence electrons. The van der Waals surface area contributed by atoms with Crippen molar-refractivity contribution in [2.45, 2.75) is 75.4 Å². The second-order valence-electron chi connectivity index (χ2n) is 7.68. The molecule has 1 aromatic rings. The summed E-state index contributed by atoms with van der Waals surface area (Å²) in [7, 11) is 0. The van der Waals surface area contributed by atoms with Crippen LogP contribution in [0.1, 0.15) is 68.0 Å². The molecule has 0 aromatic carbocycles. The van der Waals surface area contributed by atoms with Gasteiger partial charge in [-0.05, 0) is 49.8 Å². The van der Waals surface area contributed by atoms with Gasteiger partial charge in [0.1, 0.15) is 5.76 Å². The van der Waals surface area contributed by atoms with Gasteiger partial charge in [-0.2, -0.15) is 0 Å². The molecule has 1 N–H and O–H groups in total. The topological polar surface area (TPSA) is 61.6 Å². The molecule has 7 heteroatoms. The maximum Gasteiger partial charge on any atom is 0.237 e. The zero-order valence-electron chi connectivity index (χ0n) is 26.6. The molecule has 1 rings (SSSR count). The van der Waals surface area contributed by atoms with Gasteiger partial charge in [0.2, 0.25) is 5.91 Å². The van der Waals surface area contributed by atoms with Crippen molar-refractivity contribution in [3.8, 4) is 0 Å². The summed E-state index contributed by atoms with van der Waals surface area (Å²) in [5.74, 6) is -0.279. The largest absolute Gasteiger partial charge is 0.508 e. The highest BCUT2D eigenvalue weighted by molar-refractivity contribution is 5.78. The van der Waals surface area contributed by atoms with Crippen LogP contribution in [-0.4, -0.2) is 56.5 Å². The number of likely N-dealkylation sites (N-methyl/N-ethyl adjacent to an activating group) is 2. The Labute approximate surface area is 244 Å². The molecule has 0 atom stereocenters. The van der Waals surface area contributed by atoms with E-state index in [2.05, 4.69) is 24.7 Å². The van der Waals surface area contributed by atoms with Gasteiger partial charge in [0.15, 0.2) is 0 Å². The Hall–Kier alpha value is -3.45. The highest BCUT2D eigenvalue weighted by Crippen LogP contribution is 2.13. The van der Waals surface area contributed by atoms with E-state index in [1.165, 1.54) is 19.1 Å². The molecule has 0 saturated heterocycles. The molecule has 1 aromatic heterocycles. The summed E-state index contributed by atoms with van der Waals surface area (Å²) in [5.41, 5.74) is 2.44. The number of rotatable bonds is 15. The number of amides is 1. The van der Waals surface area contributed by atoms with Crippen LogP contribution in [0.25, 0.3) is 0 Å². The molecule has 0 saturated carbocycles. The van der Waals surface area contributed by atoms with Crippen molar-refractivity contribution >= 4 is 5.91 Å². The third-order valence-corrected chi connectivity index (χ3v) is 5.04. The number of aromatic nitrogens is 2. The number of hydrogen-bond donors (Lipinski definition) is 1. The van der Waals surface area contributed by atoms with E-state index >= 15 is 0 Å². The van der Waals surface area contributed by atoms with Crippen molar-refractivity contribution in [3.05, 3.63) is 103 Å². The van der Waals surface area contributed by atoms with E-state index in [-0.39, 0.29) is 24.0 Å². The van der Waals surface area contributed by atoms with Crippen LogP contribution in [0.4, 0.5) is 4.39 Å². The summed E-state index contributed by atoms with van der Waals surface area (Å²) >= 11 is 0. The first-order valence-electron chi connectivity index (χ1n) is 14.3. The molecule has 1 heterocycles. The van der Waals surface area contributed by atoms with Gasteiger partial charge >= 0.3 is 0 Å². The summed E-state index contributed by atoms with van der Waals surface area (Å²) in [6.45, 7) is 31.0. The predicted molar refractivity (Wildman–Crippen MR) is 172 cm³/mol. The second kappa shape index (κ2) is 27.1. The maximum absolute atomic E-state index is 13.4. The third kappa shape index (κ3) is 17.9. The Balaban J connectivity index is -0.00000213. The number of aliphatic hydroxyl groups excluding tert-OH is 1. The minimum absolute atomic E-state index is 0.0277. The lowest BCUT2D eigenvalue weighted by atomic mass is 10.2. The molecule has 0 fully saturated rings. The quantitative estimate of drug-likeness (QED) is 0.174. The number of carbonyl (C=O) groups is 1. The Bertz CT molecular complexity index is 967. The smallest absolute Gasteiger partial charge is 0.237 e. The molecule has 40 heavy (non-hydrogen) atoms. The van der Waals surface area contributed by atoms with Crippen LogP contribution in [0, 0.1) is 0 Å². The van der Waals surface area contributed by atoms with E-state index in [0.29, 0.717) is 32.7 Å². The summed E-state index contributed by atoms with van der Waals surface area (Å²) in [6.07, 6.45) is 14.6. The SMILES string of the molecule is C=C/C=C(\C=C(\O)C=C)CN(CC)C(=O)CN(CC)Cc1cncn1CC(/C=C(\C)F)=C/C=C.CC.CC.CC. The molecule has 0 radical (unpaired) electrons. The molecular formula is C33H55FN4O2. The summed E-state index contributed by atoms with van der Waals surface area (Å²) in [5, 5.41) is 9.79. The fourth-order valence-electron chi connectivity index (χ4n) is 3.32. The number of imidazole rings is 1. The van der Waals surface area contributed by atoms with Gasteiger partial charge in [-0.15, -0.1) is 0 Å². The maximum atomic E-state index is 13.4. The van der Waals surface area contributed by atoms with Crippen LogP contribution in [-0.2, 0) is 17.9 Å². The van der Waals surface area contributed by atoms with Crippen molar-refractivity contribution in [2.75, 3.05) is 26.2 Å². The van der Waals surface area contributed by atoms with Crippen molar-refractivity contribution in [1.82, 2.24) is 19.4 Å². The number of allylic oxidation sites excluding steroid dienone is 8. The molecule has 0 aliphatic rings. The minimum atomic E-state index is -0.281. The fourth-order valence-corrected chi connectivity index (χ4v) is 3.32. The fraction of sp³-hybridized carbons (Fsp3) is 0.455. The van der Waals surface area contributed by atoms with Gasteiger partial charge in [0, 0.05) is 32.4 Å². The summed E-state index contributed by atoms with van der Waals surface area (Å²) in [6, 6.07) is 0. The van der Waals surface area contributed by atoms with Crippen LogP contribution >= 0.6 is 0 Å². The molecule has 1 amide bonds. The van der Waals surface area contributed by atoms with Crippen molar-refractivity contribution < 1.29 is 14.3 Å². The first-order chi connectivity index (χ1) is 19.3. The van der Waals surface area contributed by atoms with Crippen LogP contribution in [0.15, 0.2) is 97.5 Å². The molecular weight excluding hydrogens is 503 g/mol. The number of hydrogen-bond acceptors (Lipinski definition) is 4. The monoisotopic (exact) mass is 558 g/mol. The Kier molecular flexibility index (Phi) is 27.8. The lowest BCUT2D eigenvalue weighted by Gasteiger charge is -2.26. The average Bonchev–Trinajstić information content (AvgIpc) is 3.40. The van der Waals surface area contributed by atoms with Gasteiger partial charge in [-0.25, -0.2) is 9.37 Å². The van der Waals surface area contributed by atoms with Gasteiger partial charge in [-0.3, -0.25) is 9.69 Å². The number of nitrogens with zero attached hydrogens (tertiary/aromatic N) is 4. The summed E-state index contributed by atoms with van der Waals surface area (Å²) in [4.78, 5) is 21.1. The standard InChI is InChI=1S/C27H37FN4O2.3C2H6/c1-7-12-23(14-22(6)28)18-32-21-29-16-25(32)19-30(10-4)20-27(34)31(11-5)17-24(13-8-2)15-26(33)9-3;3*1-2/h7-9,12-16,21,33H,1-3,10-11,17-20H2,4-6H3;3*1-2H3/b22-14+,23-12+,24-13+,26-15+;;;. The van der Waals surface area contributed by atoms with E-state index in [4.69, 9.17) is 0 Å². The van der Waals surface area contributed by atoms with Crippen molar-refractivity contribution in [1.29, 1.82) is 0 Å². The Morgan fingerprint density at radius 2 is 1.55 bits per heavy atom. The van der Waals surface area contributed by atoms with Crippen LogP contribution in [0.2, 0.25) is 0 Å². The van der Waals surface area contributed by atoms with E-state index in [9.17, 15) is 14.3 Å². The van der Waals surface area contributed by atoms with Gasteiger partial charge in [-0.1, -0.05) is 92.5 Å². The lowest BCUT2D eigenvalue weighted by Crippen LogP contribution is -2.41. The lowest BCUT2D eigenvalue weighted by molar-refractivity contribution is -0.131. The molecule has 0 bridgehead atoms. The van der Waals surface area contributed by atoms with E-state index < -0.39 is 0 Å². The van der Waals surface area contributed by atoms with Crippen LogP contribution in [0.3, 0.4) is 0 Å². The molecule has 0 aliphatic carbocycles. The molecule has 6 nitrogen and oxygen atoms in total. The Morgan fingerprint density at radius 3 is 2.02 bits per heavy atom. The average molecular weight is 559 g/mol. The van der Waals surface area contributed by atoms with E-state index in [1.54, 1.807) is 47.8 Å². The van der Waals surface area contributed by atoms with Gasteiger partial charge < -0.3 is 14.6 Å². The zero-order chi connectivity index (χ0) is 31.5. The van der Waals surface area contributed by atoms with E-state index in [1.807, 2.05) is 64.9 Å². The third-order valence-electron chi connectivity index (χ3n) is 5.04. The molecule has 0 spiro atoms. The summed E-state index contributed by atoms with van der Waals surface area (Å²) < 4.78 is 15.4. The highest BCUT2D eigenvalue weighted by Gasteiger charge is 2.18. The molecule has 0 unspecified atom stereocenters. The van der Waals surface area contributed by atoms with Gasteiger partial charge in [0.05, 0.1) is 24.4 Å². The van der Waals surface area contributed by atoms with Crippen molar-refractivity contribution in [2.24, 2.45) is 0 Å². The second-order valence-corrected chi connectivity index (χ2v) is 7.68. The number of halogens is 1. The predicted octanol–water partition coefficient (Wildman–Crippen LogP) is 8.36. The molecule has 0 aliphatic heterocycles. The number of aliphatic hydroxyl groups is 1. The van der Waals surface area contributed by atoms with Crippen molar-refractivity contribution in [3.63, 3.8) is 0 Å². The zero-order valence-corrected chi connectivity index (χ0v) is 26.6. The van der Waals surface area contributed by atoms with Crippen LogP contribution in [0.5, 0.6) is 0 Å². The Morgan fingerprint density at radius 1 is 0.975 bits per heavy atom. The first-order valence-corrected chi connectivity index (χ1v) is 14.3. The van der Waals surface area contributed by atoms with E-state index in [0.717, 1.165) is 16.8 Å². The van der Waals surface area contributed by atoms with Crippen LogP contribution < -0.4 is 0 Å². The van der Waals surface area contributed by atoms with Gasteiger partial charge in [0.25, 0.3) is 0 Å². The minimum Gasteiger partial charge on any atom is -0.508 e. The first kappa shape index (κ1) is 41.0. The normalized spacial score (nSPS) is 11.7. The highest BCUT2D eigenvalue weighted by atomic mass is 19.1. The number of carbonyl (C=O) groups excluding carboxylic acids is 1.